The van der Waals surface area contributed by atoms with Gasteiger partial charge in [-0.05, 0) is 81.5 Å². The summed E-state index contributed by atoms with van der Waals surface area (Å²) in [5.74, 6) is 7.89. The van der Waals surface area contributed by atoms with Crippen LogP contribution in [-0.2, 0) is 14.3 Å². The van der Waals surface area contributed by atoms with Gasteiger partial charge in [-0.2, -0.15) is 0 Å². The average molecular weight is 510 g/mol. The molecule has 1 saturated heterocycles. The monoisotopic (exact) mass is 509 g/mol. The SMILES string of the molecule is CCOC(=O)COc1ccc(Sc2cc(C#CCN3CCOCC3)cc(OC3CCCC3)c2)cc1C. The lowest BCUT2D eigenvalue weighted by Crippen LogP contribution is -2.36. The smallest absolute Gasteiger partial charge is 0.344 e. The number of morpholine rings is 1. The van der Waals surface area contributed by atoms with Crippen LogP contribution in [0.25, 0.3) is 0 Å². The molecular weight excluding hydrogens is 474 g/mol. The van der Waals surface area contributed by atoms with E-state index in [4.69, 9.17) is 18.9 Å². The zero-order valence-corrected chi connectivity index (χ0v) is 22.0. The molecule has 0 aromatic heterocycles. The molecule has 6 nitrogen and oxygen atoms in total. The molecule has 1 aliphatic heterocycles. The Morgan fingerprint density at radius 1 is 1.11 bits per heavy atom. The quantitative estimate of drug-likeness (QED) is 0.345. The van der Waals surface area contributed by atoms with Gasteiger partial charge < -0.3 is 18.9 Å². The van der Waals surface area contributed by atoms with Crippen LogP contribution in [0, 0.1) is 18.8 Å². The summed E-state index contributed by atoms with van der Waals surface area (Å²) in [5, 5.41) is 0. The molecule has 7 heteroatoms. The van der Waals surface area contributed by atoms with Crippen LogP contribution in [0.3, 0.4) is 0 Å². The molecule has 0 unspecified atom stereocenters. The fourth-order valence-corrected chi connectivity index (χ4v) is 5.31. The molecule has 2 fully saturated rings. The molecule has 0 amide bonds. The third-order valence-electron chi connectivity index (χ3n) is 6.16. The first kappa shape index (κ1) is 26.4. The molecule has 0 bridgehead atoms. The Bertz CT molecular complexity index is 1080. The van der Waals surface area contributed by atoms with Crippen molar-refractivity contribution in [1.29, 1.82) is 0 Å². The van der Waals surface area contributed by atoms with Crippen LogP contribution in [0.1, 0.15) is 43.7 Å². The molecule has 2 aromatic carbocycles. The van der Waals surface area contributed by atoms with Crippen LogP contribution < -0.4 is 9.47 Å². The fourth-order valence-electron chi connectivity index (χ4n) is 4.30. The number of carbonyl (C=O) groups is 1. The Morgan fingerprint density at radius 3 is 2.67 bits per heavy atom. The van der Waals surface area contributed by atoms with Gasteiger partial charge in [-0.1, -0.05) is 23.6 Å². The number of aryl methyl sites for hydroxylation is 1. The van der Waals surface area contributed by atoms with Crippen molar-refractivity contribution in [1.82, 2.24) is 4.90 Å². The summed E-state index contributed by atoms with van der Waals surface area (Å²) in [7, 11) is 0. The normalized spacial score (nSPS) is 16.3. The van der Waals surface area contributed by atoms with Gasteiger partial charge in [-0.15, -0.1) is 0 Å². The van der Waals surface area contributed by atoms with E-state index in [2.05, 4.69) is 41.0 Å². The van der Waals surface area contributed by atoms with Crippen molar-refractivity contribution >= 4 is 17.7 Å². The molecule has 0 radical (unpaired) electrons. The van der Waals surface area contributed by atoms with E-state index >= 15 is 0 Å². The molecule has 0 atom stereocenters. The average Bonchev–Trinajstić information content (AvgIpc) is 3.37. The van der Waals surface area contributed by atoms with E-state index < -0.39 is 0 Å². The van der Waals surface area contributed by atoms with Gasteiger partial charge in [0.25, 0.3) is 0 Å². The van der Waals surface area contributed by atoms with Gasteiger partial charge in [0.05, 0.1) is 32.5 Å². The Labute approximate surface area is 218 Å². The lowest BCUT2D eigenvalue weighted by Gasteiger charge is -2.24. The molecule has 0 spiro atoms. The fraction of sp³-hybridized carbons (Fsp3) is 0.483. The Kier molecular flexibility index (Phi) is 9.97. The number of hydrogen-bond donors (Lipinski definition) is 0. The van der Waals surface area contributed by atoms with E-state index in [0.29, 0.717) is 12.4 Å². The third-order valence-corrected chi connectivity index (χ3v) is 7.12. The maximum atomic E-state index is 11.6. The summed E-state index contributed by atoms with van der Waals surface area (Å²) in [4.78, 5) is 16.1. The van der Waals surface area contributed by atoms with E-state index in [1.165, 1.54) is 12.8 Å². The molecular formula is C29H35NO5S. The maximum Gasteiger partial charge on any atom is 0.344 e. The van der Waals surface area contributed by atoms with E-state index in [1.54, 1.807) is 18.7 Å². The standard InChI is InChI=1S/C29H35NO5S/c1-3-33-29(31)21-34-28-11-10-26(17-22(28)2)36-27-19-23(7-6-12-30-13-15-32-16-14-30)18-25(20-27)35-24-8-4-5-9-24/h10-11,17-20,24H,3-5,8-9,12-16,21H2,1-2H3. The van der Waals surface area contributed by atoms with Crippen LogP contribution in [0.15, 0.2) is 46.2 Å². The highest BCUT2D eigenvalue weighted by atomic mass is 32.2. The predicted molar refractivity (Wildman–Crippen MR) is 141 cm³/mol. The molecule has 2 aromatic rings. The second-order valence-corrected chi connectivity index (χ2v) is 10.2. The van der Waals surface area contributed by atoms with E-state index in [1.807, 2.05) is 19.1 Å². The number of ether oxygens (including phenoxy) is 4. The minimum absolute atomic E-state index is 0.0891. The number of carbonyl (C=O) groups excluding carboxylic acids is 1. The van der Waals surface area contributed by atoms with Crippen molar-refractivity contribution in [2.24, 2.45) is 0 Å². The second kappa shape index (κ2) is 13.6. The topological polar surface area (TPSA) is 57.2 Å². The highest BCUT2D eigenvalue weighted by Gasteiger charge is 2.17. The van der Waals surface area contributed by atoms with Gasteiger partial charge in [0.15, 0.2) is 6.61 Å². The molecule has 36 heavy (non-hydrogen) atoms. The van der Waals surface area contributed by atoms with Gasteiger partial charge in [0.2, 0.25) is 0 Å². The predicted octanol–water partition coefficient (Wildman–Crippen LogP) is 5.09. The van der Waals surface area contributed by atoms with E-state index in [0.717, 1.165) is 72.4 Å². The minimum Gasteiger partial charge on any atom is -0.490 e. The summed E-state index contributed by atoms with van der Waals surface area (Å²) in [6.45, 7) is 8.17. The first-order chi connectivity index (χ1) is 17.6. The molecule has 2 aliphatic rings. The van der Waals surface area contributed by atoms with Gasteiger partial charge in [-0.3, -0.25) is 4.90 Å². The van der Waals surface area contributed by atoms with Gasteiger partial charge >= 0.3 is 5.97 Å². The number of rotatable bonds is 9. The number of esters is 1. The molecule has 192 valence electrons. The molecule has 1 heterocycles. The van der Waals surface area contributed by atoms with Gasteiger partial charge in [0, 0.05) is 28.4 Å². The minimum atomic E-state index is -0.364. The molecule has 4 rings (SSSR count). The largest absolute Gasteiger partial charge is 0.490 e. The van der Waals surface area contributed by atoms with Crippen LogP contribution >= 0.6 is 11.8 Å². The molecule has 1 aliphatic carbocycles. The summed E-state index contributed by atoms with van der Waals surface area (Å²) in [6.07, 6.45) is 4.98. The van der Waals surface area contributed by atoms with Crippen molar-refractivity contribution in [2.45, 2.75) is 55.4 Å². The van der Waals surface area contributed by atoms with Crippen LogP contribution in [0.4, 0.5) is 0 Å². The highest BCUT2D eigenvalue weighted by molar-refractivity contribution is 7.99. The Morgan fingerprint density at radius 2 is 1.92 bits per heavy atom. The van der Waals surface area contributed by atoms with Crippen LogP contribution in [0.5, 0.6) is 11.5 Å². The zero-order valence-electron chi connectivity index (χ0n) is 21.2. The Hall–Kier alpha value is -2.66. The number of nitrogens with zero attached hydrogens (tertiary/aromatic N) is 1. The molecule has 0 N–H and O–H groups in total. The maximum absolute atomic E-state index is 11.6. The summed E-state index contributed by atoms with van der Waals surface area (Å²) < 4.78 is 22.3. The first-order valence-electron chi connectivity index (χ1n) is 12.8. The first-order valence-corrected chi connectivity index (χ1v) is 13.6. The van der Waals surface area contributed by atoms with Crippen molar-refractivity contribution < 1.29 is 23.7 Å². The van der Waals surface area contributed by atoms with E-state index in [9.17, 15) is 4.79 Å². The van der Waals surface area contributed by atoms with E-state index in [-0.39, 0.29) is 18.7 Å². The van der Waals surface area contributed by atoms with Gasteiger partial charge in [-0.25, -0.2) is 4.79 Å². The third kappa shape index (κ3) is 8.19. The van der Waals surface area contributed by atoms with Crippen LogP contribution in [0.2, 0.25) is 0 Å². The van der Waals surface area contributed by atoms with Crippen molar-refractivity contribution in [2.75, 3.05) is 46.1 Å². The number of benzene rings is 2. The van der Waals surface area contributed by atoms with Crippen molar-refractivity contribution in [3.05, 3.63) is 47.5 Å². The summed E-state index contributed by atoms with van der Waals surface area (Å²) >= 11 is 1.67. The molecule has 1 saturated carbocycles. The number of hydrogen-bond acceptors (Lipinski definition) is 7. The summed E-state index contributed by atoms with van der Waals surface area (Å²) in [6, 6.07) is 12.3. The zero-order chi connectivity index (χ0) is 25.2. The van der Waals surface area contributed by atoms with Gasteiger partial charge in [0.1, 0.15) is 11.5 Å². The Balaban J connectivity index is 1.46. The second-order valence-electron chi connectivity index (χ2n) is 9.03. The lowest BCUT2D eigenvalue weighted by molar-refractivity contribution is -0.145. The van der Waals surface area contributed by atoms with Crippen LogP contribution in [-0.4, -0.2) is 63.0 Å². The van der Waals surface area contributed by atoms with Crippen molar-refractivity contribution in [3.63, 3.8) is 0 Å². The van der Waals surface area contributed by atoms with Crippen molar-refractivity contribution in [3.8, 4) is 23.3 Å². The summed E-state index contributed by atoms with van der Waals surface area (Å²) in [5.41, 5.74) is 1.93. The lowest BCUT2D eigenvalue weighted by atomic mass is 10.2. The highest BCUT2D eigenvalue weighted by Crippen LogP contribution is 2.35.